The molecule has 0 atom stereocenters. The number of carbonyl (C=O) groups is 1. The summed E-state index contributed by atoms with van der Waals surface area (Å²) in [5, 5.41) is 1.23. The van der Waals surface area contributed by atoms with E-state index in [1.165, 1.54) is 22.0 Å². The molecule has 0 bridgehead atoms. The molecule has 0 saturated carbocycles. The molecule has 18 heavy (non-hydrogen) atoms. The molecule has 0 spiro atoms. The Balaban J connectivity index is 2.38. The summed E-state index contributed by atoms with van der Waals surface area (Å²) in [5.74, 6) is 0.785. The maximum absolute atomic E-state index is 12.0. The molecule has 94 valence electrons. The summed E-state index contributed by atoms with van der Waals surface area (Å²) < 4.78 is 2.23. The van der Waals surface area contributed by atoms with Gasteiger partial charge in [-0.3, -0.25) is 4.79 Å². The molecule has 1 aromatic heterocycles. The highest BCUT2D eigenvalue weighted by Gasteiger charge is 2.22. The van der Waals surface area contributed by atoms with E-state index >= 15 is 0 Å². The van der Waals surface area contributed by atoms with Gasteiger partial charge in [0.2, 0.25) is 0 Å². The molecule has 2 heteroatoms. The summed E-state index contributed by atoms with van der Waals surface area (Å²) in [7, 11) is 0. The van der Waals surface area contributed by atoms with E-state index in [1.807, 2.05) is 0 Å². The van der Waals surface area contributed by atoms with E-state index in [0.717, 1.165) is 18.7 Å². The van der Waals surface area contributed by atoms with E-state index < -0.39 is 0 Å². The molecule has 0 fully saturated rings. The van der Waals surface area contributed by atoms with Crippen LogP contribution in [-0.4, -0.2) is 10.4 Å². The third kappa shape index (κ3) is 1.59. The Morgan fingerprint density at radius 1 is 1.22 bits per heavy atom. The largest absolute Gasteiger partial charge is 0.338 e. The van der Waals surface area contributed by atoms with Crippen molar-refractivity contribution < 1.29 is 4.79 Å². The molecular formula is C16H19NO. The van der Waals surface area contributed by atoms with Gasteiger partial charge in [-0.25, -0.2) is 0 Å². The van der Waals surface area contributed by atoms with Crippen molar-refractivity contribution in [2.45, 2.75) is 46.1 Å². The summed E-state index contributed by atoms with van der Waals surface area (Å²) in [6.07, 6.45) is 1.67. The Morgan fingerprint density at radius 2 is 2.00 bits per heavy atom. The number of ketones is 1. The van der Waals surface area contributed by atoms with Crippen LogP contribution in [0.4, 0.5) is 0 Å². The van der Waals surface area contributed by atoms with Crippen molar-refractivity contribution in [1.29, 1.82) is 0 Å². The molecule has 0 unspecified atom stereocenters. The molecule has 0 radical (unpaired) electrons. The van der Waals surface area contributed by atoms with E-state index in [-0.39, 0.29) is 0 Å². The Kier molecular flexibility index (Phi) is 2.54. The summed E-state index contributed by atoms with van der Waals surface area (Å²) in [5.41, 5.74) is 4.83. The van der Waals surface area contributed by atoms with Gasteiger partial charge in [-0.05, 0) is 37.0 Å². The average Bonchev–Trinajstić information content (AvgIpc) is 2.67. The van der Waals surface area contributed by atoms with Gasteiger partial charge in [0, 0.05) is 18.4 Å². The highest BCUT2D eigenvalue weighted by molar-refractivity contribution is 6.01. The van der Waals surface area contributed by atoms with Gasteiger partial charge in [0.15, 0.2) is 5.78 Å². The predicted octanol–water partition coefficient (Wildman–Crippen LogP) is 4.05. The Hall–Kier alpha value is -1.57. The van der Waals surface area contributed by atoms with Crippen LogP contribution in [0.5, 0.6) is 0 Å². The lowest BCUT2D eigenvalue weighted by atomic mass is 9.98. The lowest BCUT2D eigenvalue weighted by Crippen LogP contribution is -2.16. The molecule has 0 amide bonds. The summed E-state index contributed by atoms with van der Waals surface area (Å²) in [6, 6.07) is 6.54. The normalized spacial score (nSPS) is 15.4. The van der Waals surface area contributed by atoms with Gasteiger partial charge >= 0.3 is 0 Å². The van der Waals surface area contributed by atoms with Crippen molar-refractivity contribution in [3.05, 3.63) is 35.0 Å². The summed E-state index contributed by atoms with van der Waals surface area (Å²) in [6.45, 7) is 7.55. The van der Waals surface area contributed by atoms with Crippen molar-refractivity contribution in [3.63, 3.8) is 0 Å². The maximum atomic E-state index is 12.0. The minimum Gasteiger partial charge on any atom is -0.338 e. The number of benzene rings is 1. The zero-order valence-corrected chi connectivity index (χ0v) is 11.3. The molecule has 0 N–H and O–H groups in total. The number of Topliss-reactive ketones (excluding diaryl/α,β-unsaturated/α-hetero) is 1. The second kappa shape index (κ2) is 3.98. The highest BCUT2D eigenvalue weighted by atomic mass is 16.1. The first-order valence-corrected chi connectivity index (χ1v) is 6.75. The number of aryl methyl sites for hydroxylation is 2. The third-order valence-corrected chi connectivity index (χ3v) is 3.86. The molecule has 1 aromatic carbocycles. The molecule has 0 saturated heterocycles. The van der Waals surface area contributed by atoms with Crippen LogP contribution in [0.25, 0.3) is 10.9 Å². The summed E-state index contributed by atoms with van der Waals surface area (Å²) >= 11 is 0. The zero-order chi connectivity index (χ0) is 12.9. The highest BCUT2D eigenvalue weighted by Crippen LogP contribution is 2.32. The molecule has 2 nitrogen and oxygen atoms in total. The Morgan fingerprint density at radius 3 is 2.72 bits per heavy atom. The van der Waals surface area contributed by atoms with E-state index in [4.69, 9.17) is 0 Å². The van der Waals surface area contributed by atoms with Crippen molar-refractivity contribution in [2.24, 2.45) is 0 Å². The maximum Gasteiger partial charge on any atom is 0.179 e. The average molecular weight is 241 g/mol. The van der Waals surface area contributed by atoms with Gasteiger partial charge in [-0.2, -0.15) is 0 Å². The second-order valence-electron chi connectivity index (χ2n) is 5.65. The van der Waals surface area contributed by atoms with Crippen LogP contribution in [-0.2, 0) is 6.54 Å². The number of aromatic nitrogens is 1. The Labute approximate surface area is 108 Å². The fourth-order valence-electron chi connectivity index (χ4n) is 3.03. The van der Waals surface area contributed by atoms with Crippen LogP contribution in [0.1, 0.15) is 54.2 Å². The first kappa shape index (κ1) is 11.5. The number of nitrogens with zero attached hydrogens (tertiary/aromatic N) is 1. The lowest BCUT2D eigenvalue weighted by molar-refractivity contribution is 0.0956. The topological polar surface area (TPSA) is 22.0 Å². The molecule has 1 aliphatic heterocycles. The lowest BCUT2D eigenvalue weighted by Gasteiger charge is -2.18. The van der Waals surface area contributed by atoms with Crippen molar-refractivity contribution in [3.8, 4) is 0 Å². The first-order chi connectivity index (χ1) is 8.58. The number of hydrogen-bond donors (Lipinski definition) is 0. The Bertz CT molecular complexity index is 634. The van der Waals surface area contributed by atoms with Crippen LogP contribution in [0.3, 0.4) is 0 Å². The summed E-state index contributed by atoms with van der Waals surface area (Å²) in [4.78, 5) is 12.0. The van der Waals surface area contributed by atoms with Crippen LogP contribution < -0.4 is 0 Å². The monoisotopic (exact) mass is 241 g/mol. The SMILES string of the molecule is Cc1cc(C(C)C)c2c(c1)cc1n2CCCC1=O. The third-order valence-electron chi connectivity index (χ3n) is 3.86. The first-order valence-electron chi connectivity index (χ1n) is 6.75. The molecular weight excluding hydrogens is 222 g/mol. The van der Waals surface area contributed by atoms with Crippen LogP contribution in [0.15, 0.2) is 18.2 Å². The van der Waals surface area contributed by atoms with Crippen molar-refractivity contribution in [1.82, 2.24) is 4.57 Å². The van der Waals surface area contributed by atoms with E-state index in [2.05, 4.69) is 43.5 Å². The minimum atomic E-state index is 0.296. The molecule has 3 rings (SSSR count). The van der Waals surface area contributed by atoms with Crippen LogP contribution in [0.2, 0.25) is 0 Å². The van der Waals surface area contributed by atoms with Gasteiger partial charge in [0.1, 0.15) is 0 Å². The van der Waals surface area contributed by atoms with Crippen LogP contribution in [0, 0.1) is 6.92 Å². The van der Waals surface area contributed by atoms with Crippen LogP contribution >= 0.6 is 0 Å². The molecule has 2 aromatic rings. The standard InChI is InChI=1S/C16H19NO/c1-10(2)13-8-11(3)7-12-9-14-15(18)5-4-6-17(14)16(12)13/h7-10H,4-6H2,1-3H3. The van der Waals surface area contributed by atoms with Gasteiger partial charge in [0.05, 0.1) is 11.2 Å². The molecule has 1 aliphatic rings. The predicted molar refractivity (Wildman–Crippen MR) is 74.3 cm³/mol. The zero-order valence-electron chi connectivity index (χ0n) is 11.3. The van der Waals surface area contributed by atoms with Crippen molar-refractivity contribution >= 4 is 16.7 Å². The number of rotatable bonds is 1. The van der Waals surface area contributed by atoms with Gasteiger partial charge in [-0.15, -0.1) is 0 Å². The smallest absolute Gasteiger partial charge is 0.179 e. The van der Waals surface area contributed by atoms with Gasteiger partial charge in [0.25, 0.3) is 0 Å². The molecule has 0 aliphatic carbocycles. The van der Waals surface area contributed by atoms with Gasteiger partial charge < -0.3 is 4.57 Å². The number of hydrogen-bond acceptors (Lipinski definition) is 1. The van der Waals surface area contributed by atoms with Gasteiger partial charge in [-0.1, -0.05) is 25.5 Å². The second-order valence-corrected chi connectivity index (χ2v) is 5.65. The fraction of sp³-hybridized carbons (Fsp3) is 0.438. The minimum absolute atomic E-state index is 0.296. The van der Waals surface area contributed by atoms with E-state index in [1.54, 1.807) is 0 Å². The fourth-order valence-corrected chi connectivity index (χ4v) is 3.03. The molecule has 2 heterocycles. The number of fused-ring (bicyclic) bond motifs is 3. The van der Waals surface area contributed by atoms with Crippen molar-refractivity contribution in [2.75, 3.05) is 0 Å². The van der Waals surface area contributed by atoms with E-state index in [9.17, 15) is 4.79 Å². The quantitative estimate of drug-likeness (QED) is 0.738. The number of carbonyl (C=O) groups excluding carboxylic acids is 1. The van der Waals surface area contributed by atoms with E-state index in [0.29, 0.717) is 18.1 Å².